The van der Waals surface area contributed by atoms with Gasteiger partial charge in [-0.05, 0) is 38.9 Å². The molecule has 0 heteroatoms. The van der Waals surface area contributed by atoms with Crippen molar-refractivity contribution < 1.29 is 0 Å². The number of fused-ring (bicyclic) bond motifs is 3. The third kappa shape index (κ3) is 2.70. The second-order valence-electron chi connectivity index (χ2n) is 8.52. The smallest absolute Gasteiger partial charge is 0.0566 e. The molecule has 152 valence electrons. The number of hydrogen-bond donors (Lipinski definition) is 0. The lowest BCUT2D eigenvalue weighted by Gasteiger charge is -2.48. The van der Waals surface area contributed by atoms with E-state index >= 15 is 0 Å². The molecule has 0 saturated heterocycles. The average Bonchev–Trinajstić information content (AvgIpc) is 2.89. The van der Waals surface area contributed by atoms with Gasteiger partial charge in [0.05, 0.1) is 5.41 Å². The molecule has 0 aliphatic heterocycles. The lowest BCUT2D eigenvalue weighted by Crippen LogP contribution is -2.40. The Morgan fingerprint density at radius 2 is 0.875 bits per heavy atom. The van der Waals surface area contributed by atoms with Crippen LogP contribution < -0.4 is 0 Å². The van der Waals surface area contributed by atoms with Crippen LogP contribution in [-0.4, -0.2) is 0 Å². The van der Waals surface area contributed by atoms with Crippen LogP contribution in [0.1, 0.15) is 33.7 Å². The van der Waals surface area contributed by atoms with Crippen molar-refractivity contribution in [3.8, 4) is 11.1 Å². The van der Waals surface area contributed by atoms with Crippen LogP contribution in [0.4, 0.5) is 0 Å². The summed E-state index contributed by atoms with van der Waals surface area (Å²) in [6.45, 7) is 0. The molecule has 6 rings (SSSR count). The van der Waals surface area contributed by atoms with Crippen LogP contribution in [0.15, 0.2) is 140 Å². The number of rotatable bonds is 3. The molecule has 1 atom stereocenters. The zero-order chi connectivity index (χ0) is 21.4. The van der Waals surface area contributed by atoms with E-state index < -0.39 is 0 Å². The van der Waals surface area contributed by atoms with E-state index in [0.29, 0.717) is 0 Å². The summed E-state index contributed by atoms with van der Waals surface area (Å²) in [4.78, 5) is 0. The fourth-order valence-corrected chi connectivity index (χ4v) is 5.73. The van der Waals surface area contributed by atoms with Gasteiger partial charge in [0, 0.05) is 5.92 Å². The Morgan fingerprint density at radius 1 is 0.406 bits per heavy atom. The summed E-state index contributed by atoms with van der Waals surface area (Å²) < 4.78 is 0. The molecule has 0 saturated carbocycles. The van der Waals surface area contributed by atoms with Crippen molar-refractivity contribution in [3.05, 3.63) is 167 Å². The fourth-order valence-electron chi connectivity index (χ4n) is 5.73. The maximum atomic E-state index is 2.33. The van der Waals surface area contributed by atoms with E-state index in [1.54, 1.807) is 0 Å². The maximum absolute atomic E-state index is 2.33. The fraction of sp³-hybridized carbons (Fsp3) is 0.0625. The van der Waals surface area contributed by atoms with Gasteiger partial charge in [0.1, 0.15) is 0 Å². The second-order valence-corrected chi connectivity index (χ2v) is 8.52. The van der Waals surface area contributed by atoms with Crippen molar-refractivity contribution in [1.29, 1.82) is 0 Å². The van der Waals surface area contributed by atoms with E-state index in [1.807, 2.05) is 0 Å². The van der Waals surface area contributed by atoms with E-state index in [0.717, 1.165) is 0 Å². The topological polar surface area (TPSA) is 0 Å². The first-order chi connectivity index (χ1) is 15.9. The van der Waals surface area contributed by atoms with E-state index in [1.165, 1.54) is 38.9 Å². The molecule has 0 bridgehead atoms. The Hall–Kier alpha value is -3.90. The molecular weight excluding hydrogens is 384 g/mol. The first kappa shape index (κ1) is 18.8. The first-order valence-corrected chi connectivity index (χ1v) is 11.3. The Labute approximate surface area is 189 Å². The highest BCUT2D eigenvalue weighted by molar-refractivity contribution is 5.81. The van der Waals surface area contributed by atoms with Crippen LogP contribution in [-0.2, 0) is 5.41 Å². The maximum Gasteiger partial charge on any atom is 0.0566 e. The summed E-state index contributed by atoms with van der Waals surface area (Å²) >= 11 is 0. The first-order valence-electron chi connectivity index (χ1n) is 11.3. The van der Waals surface area contributed by atoms with Crippen LogP contribution in [0.2, 0.25) is 0 Å². The molecule has 1 aliphatic carbocycles. The summed E-state index contributed by atoms with van der Waals surface area (Å²) in [7, 11) is 0. The molecule has 0 N–H and O–H groups in total. The van der Waals surface area contributed by atoms with Crippen molar-refractivity contribution in [3.63, 3.8) is 0 Å². The zero-order valence-corrected chi connectivity index (χ0v) is 17.9. The predicted octanol–water partition coefficient (Wildman–Crippen LogP) is 7.83. The lowest BCUT2D eigenvalue weighted by atomic mass is 9.54. The molecule has 5 aromatic rings. The van der Waals surface area contributed by atoms with Crippen molar-refractivity contribution in [2.24, 2.45) is 0 Å². The second kappa shape index (κ2) is 7.66. The summed E-state index contributed by atoms with van der Waals surface area (Å²) in [5, 5.41) is 0. The number of hydrogen-bond acceptors (Lipinski definition) is 0. The zero-order valence-electron chi connectivity index (χ0n) is 17.9. The molecule has 0 amide bonds. The quantitative estimate of drug-likeness (QED) is 0.285. The van der Waals surface area contributed by atoms with Gasteiger partial charge >= 0.3 is 0 Å². The monoisotopic (exact) mass is 408 g/mol. The normalized spacial score (nSPS) is 16.1. The lowest BCUT2D eigenvalue weighted by molar-refractivity contribution is 0.531. The van der Waals surface area contributed by atoms with Gasteiger partial charge in [-0.1, -0.05) is 140 Å². The van der Waals surface area contributed by atoms with Crippen molar-refractivity contribution in [2.45, 2.75) is 11.3 Å². The minimum Gasteiger partial charge on any atom is -0.0622 e. The van der Waals surface area contributed by atoms with Crippen molar-refractivity contribution in [2.75, 3.05) is 0 Å². The Balaban J connectivity index is 1.83. The molecule has 0 nitrogen and oxygen atoms in total. The van der Waals surface area contributed by atoms with Crippen LogP contribution in [0.5, 0.6) is 0 Å². The summed E-state index contributed by atoms with van der Waals surface area (Å²) in [6.07, 6.45) is 0. The number of benzene rings is 5. The molecule has 0 fully saturated rings. The third-order valence-corrected chi connectivity index (χ3v) is 6.94. The predicted molar refractivity (Wildman–Crippen MR) is 133 cm³/mol. The Morgan fingerprint density at radius 3 is 1.50 bits per heavy atom. The Bertz CT molecular complexity index is 1310. The van der Waals surface area contributed by atoms with Gasteiger partial charge in [0.2, 0.25) is 0 Å². The van der Waals surface area contributed by atoms with Crippen LogP contribution in [0.25, 0.3) is 11.1 Å². The Kier molecular flexibility index (Phi) is 4.51. The molecule has 0 aromatic heterocycles. The van der Waals surface area contributed by atoms with Crippen LogP contribution in [0, 0.1) is 0 Å². The molecule has 0 heterocycles. The van der Waals surface area contributed by atoms with Gasteiger partial charge in [0.25, 0.3) is 0 Å². The molecule has 0 radical (unpaired) electrons. The molecular formula is C32H24. The van der Waals surface area contributed by atoms with E-state index in [2.05, 4.69) is 140 Å². The molecule has 1 aliphatic rings. The highest BCUT2D eigenvalue weighted by Gasteiger charge is 2.49. The summed E-state index contributed by atoms with van der Waals surface area (Å²) in [5.74, 6) is 0.152. The minimum absolute atomic E-state index is 0.152. The van der Waals surface area contributed by atoms with Crippen LogP contribution >= 0.6 is 0 Å². The standard InChI is InChI=1S/C32H24/c1-4-14-24(15-5-1)31-29-22-11-10-20-27(29)28-21-12-13-23-30(28)32(31,25-16-6-2-7-17-25)26-18-8-3-9-19-26/h1-23,31H/t31-/m0/s1. The van der Waals surface area contributed by atoms with Crippen molar-refractivity contribution in [1.82, 2.24) is 0 Å². The van der Waals surface area contributed by atoms with Crippen molar-refractivity contribution >= 4 is 0 Å². The van der Waals surface area contributed by atoms with Gasteiger partial charge in [-0.25, -0.2) is 0 Å². The van der Waals surface area contributed by atoms with E-state index in [9.17, 15) is 0 Å². The highest BCUT2D eigenvalue weighted by Crippen LogP contribution is 2.59. The average molecular weight is 409 g/mol. The van der Waals surface area contributed by atoms with Gasteiger partial charge in [-0.2, -0.15) is 0 Å². The van der Waals surface area contributed by atoms with Gasteiger partial charge in [-0.3, -0.25) is 0 Å². The van der Waals surface area contributed by atoms with Gasteiger partial charge in [0.15, 0.2) is 0 Å². The van der Waals surface area contributed by atoms with Crippen LogP contribution in [0.3, 0.4) is 0 Å². The molecule has 5 aromatic carbocycles. The largest absolute Gasteiger partial charge is 0.0622 e. The highest BCUT2D eigenvalue weighted by atomic mass is 14.5. The van der Waals surface area contributed by atoms with Gasteiger partial charge in [-0.15, -0.1) is 0 Å². The summed E-state index contributed by atoms with van der Waals surface area (Å²) in [6, 6.07) is 51.1. The molecule has 32 heavy (non-hydrogen) atoms. The SMILES string of the molecule is c1ccc([C@H]2c3ccccc3-c3ccccc3C2(c2ccccc2)c2ccccc2)cc1. The minimum atomic E-state index is -0.338. The van der Waals surface area contributed by atoms with Gasteiger partial charge < -0.3 is 0 Å². The molecule has 0 spiro atoms. The van der Waals surface area contributed by atoms with E-state index in [4.69, 9.17) is 0 Å². The third-order valence-electron chi connectivity index (χ3n) is 6.94. The van der Waals surface area contributed by atoms with E-state index in [-0.39, 0.29) is 11.3 Å². The molecule has 0 unspecified atom stereocenters. The summed E-state index contributed by atoms with van der Waals surface area (Å²) in [5.41, 5.74) is 9.04.